The van der Waals surface area contributed by atoms with Gasteiger partial charge < -0.3 is 0 Å². The summed E-state index contributed by atoms with van der Waals surface area (Å²) in [5, 5.41) is 15.2. The minimum atomic E-state index is 0.618. The van der Waals surface area contributed by atoms with Gasteiger partial charge >= 0.3 is 0 Å². The predicted molar refractivity (Wildman–Crippen MR) is 241 cm³/mol. The number of pyridine rings is 1. The van der Waals surface area contributed by atoms with E-state index in [0.717, 1.165) is 38.9 Å². The van der Waals surface area contributed by atoms with Crippen LogP contribution in [0.3, 0.4) is 0 Å². The minimum Gasteiger partial charge on any atom is -0.264 e. The van der Waals surface area contributed by atoms with E-state index < -0.39 is 0 Å². The van der Waals surface area contributed by atoms with Crippen LogP contribution in [0.2, 0.25) is 0 Å². The molecule has 0 fully saturated rings. The zero-order valence-corrected chi connectivity index (χ0v) is 31.3. The summed E-state index contributed by atoms with van der Waals surface area (Å²) in [5.41, 5.74) is 7.10. The summed E-state index contributed by atoms with van der Waals surface area (Å²) < 4.78 is 0. The van der Waals surface area contributed by atoms with E-state index in [1.165, 1.54) is 64.6 Å². The summed E-state index contributed by atoms with van der Waals surface area (Å²) >= 11 is 0. The Hall–Kier alpha value is -7.82. The zero-order chi connectivity index (χ0) is 38.2. The van der Waals surface area contributed by atoms with E-state index in [-0.39, 0.29) is 0 Å². The number of fused-ring (bicyclic) bond motifs is 2. The molecule has 12 rings (SSSR count). The topological polar surface area (TPSA) is 51.6 Å². The summed E-state index contributed by atoms with van der Waals surface area (Å²) in [6, 6.07) is 65.2. The van der Waals surface area contributed by atoms with Crippen LogP contribution in [0.5, 0.6) is 0 Å². The third kappa shape index (κ3) is 5.16. The second-order valence-corrected chi connectivity index (χ2v) is 15.0. The van der Waals surface area contributed by atoms with Crippen molar-refractivity contribution in [3.8, 4) is 56.4 Å². The molecule has 0 spiro atoms. The lowest BCUT2D eigenvalue weighted by molar-refractivity contribution is 1.07. The smallest absolute Gasteiger partial charge is 0.164 e. The Morgan fingerprint density at radius 2 is 0.707 bits per heavy atom. The Morgan fingerprint density at radius 1 is 0.259 bits per heavy atom. The molecular formula is C54H32N4. The van der Waals surface area contributed by atoms with Gasteiger partial charge in [0, 0.05) is 34.6 Å². The van der Waals surface area contributed by atoms with E-state index in [1.807, 2.05) is 48.7 Å². The standard InChI is InChI=1S/C54H32N4/c1-2-10-36(11-3-1)52-56-53(40-17-4-15-37(28-40)42-19-9-27-55-32-42)58-54(57-52)41-18-5-16-38(29-41)43-30-39-26-25-35-13-7-21-45-44-20-6-12-33-23-24-34-14-8-22-46(50(34)48(33)44)47(31-43)51(39)49(35)45/h1-32H. The number of hydrogen-bond donors (Lipinski definition) is 0. The average molecular weight is 737 g/mol. The molecule has 10 aromatic carbocycles. The molecule has 12 aromatic rings. The van der Waals surface area contributed by atoms with Gasteiger partial charge in [-0.3, -0.25) is 4.98 Å². The van der Waals surface area contributed by atoms with Crippen LogP contribution in [0.1, 0.15) is 0 Å². The van der Waals surface area contributed by atoms with Crippen molar-refractivity contribution in [2.24, 2.45) is 0 Å². The van der Waals surface area contributed by atoms with Crippen molar-refractivity contribution in [1.29, 1.82) is 0 Å². The highest BCUT2D eigenvalue weighted by Crippen LogP contribution is 2.44. The first-order valence-electron chi connectivity index (χ1n) is 19.6. The van der Waals surface area contributed by atoms with Gasteiger partial charge in [-0.2, -0.15) is 0 Å². The fraction of sp³-hybridized carbons (Fsp3) is 0. The molecule has 0 N–H and O–H groups in total. The van der Waals surface area contributed by atoms with Crippen molar-refractivity contribution in [3.05, 3.63) is 194 Å². The summed E-state index contributed by atoms with van der Waals surface area (Å²) in [5.74, 6) is 1.87. The molecule has 4 heteroatoms. The summed E-state index contributed by atoms with van der Waals surface area (Å²) in [6.07, 6.45) is 3.67. The van der Waals surface area contributed by atoms with Crippen LogP contribution in [0.15, 0.2) is 194 Å². The predicted octanol–water partition coefficient (Wildman–Crippen LogP) is 14.0. The van der Waals surface area contributed by atoms with Crippen molar-refractivity contribution in [2.75, 3.05) is 0 Å². The molecular weight excluding hydrogens is 705 g/mol. The summed E-state index contributed by atoms with van der Waals surface area (Å²) in [7, 11) is 0. The molecule has 0 aliphatic carbocycles. The van der Waals surface area contributed by atoms with Crippen LogP contribution < -0.4 is 0 Å². The van der Waals surface area contributed by atoms with Gasteiger partial charge in [0.15, 0.2) is 17.5 Å². The molecule has 0 aliphatic heterocycles. The van der Waals surface area contributed by atoms with Crippen LogP contribution in [0, 0.1) is 0 Å². The maximum absolute atomic E-state index is 5.15. The molecule has 0 saturated heterocycles. The number of nitrogens with zero attached hydrogens (tertiary/aromatic N) is 4. The third-order valence-electron chi connectivity index (χ3n) is 11.7. The Morgan fingerprint density at radius 3 is 1.28 bits per heavy atom. The fourth-order valence-corrected chi connectivity index (χ4v) is 9.01. The second-order valence-electron chi connectivity index (χ2n) is 15.0. The molecule has 268 valence electrons. The number of hydrogen-bond acceptors (Lipinski definition) is 4. The average Bonchev–Trinajstić information content (AvgIpc) is 3.30. The number of benzene rings is 9. The summed E-state index contributed by atoms with van der Waals surface area (Å²) in [4.78, 5) is 19.6. The maximum Gasteiger partial charge on any atom is 0.164 e. The normalized spacial score (nSPS) is 11.8. The molecule has 0 bridgehead atoms. The molecule has 0 radical (unpaired) electrons. The molecule has 0 unspecified atom stereocenters. The van der Waals surface area contributed by atoms with Crippen molar-refractivity contribution in [2.45, 2.75) is 0 Å². The van der Waals surface area contributed by atoms with Crippen molar-refractivity contribution in [1.82, 2.24) is 19.9 Å². The quantitative estimate of drug-likeness (QED) is 0.165. The van der Waals surface area contributed by atoms with Gasteiger partial charge in [0.1, 0.15) is 0 Å². The Balaban J connectivity index is 1.09. The first kappa shape index (κ1) is 32.4. The van der Waals surface area contributed by atoms with E-state index >= 15 is 0 Å². The molecule has 0 saturated carbocycles. The van der Waals surface area contributed by atoms with Gasteiger partial charge in [-0.1, -0.05) is 152 Å². The van der Waals surface area contributed by atoms with Crippen LogP contribution in [-0.2, 0) is 0 Å². The lowest BCUT2D eigenvalue weighted by atomic mass is 9.86. The van der Waals surface area contributed by atoms with Crippen LogP contribution in [0.25, 0.3) is 121 Å². The Labute approximate surface area is 334 Å². The lowest BCUT2D eigenvalue weighted by Crippen LogP contribution is -2.00. The molecule has 58 heavy (non-hydrogen) atoms. The minimum absolute atomic E-state index is 0.618. The monoisotopic (exact) mass is 736 g/mol. The SMILES string of the molecule is c1ccc(-c2nc(-c3cccc(-c4cccnc4)c3)nc(-c3cccc(-c4cc5ccc6cccc7c8cccc9ccc%10cccc(c(c4)c5c67)c%10c98)c3)n2)cc1. The van der Waals surface area contributed by atoms with Gasteiger partial charge in [-0.25, -0.2) is 15.0 Å². The zero-order valence-electron chi connectivity index (χ0n) is 31.3. The highest BCUT2D eigenvalue weighted by Gasteiger charge is 2.18. The largest absolute Gasteiger partial charge is 0.264 e. The van der Waals surface area contributed by atoms with Crippen LogP contribution >= 0.6 is 0 Å². The second kappa shape index (κ2) is 12.9. The summed E-state index contributed by atoms with van der Waals surface area (Å²) in [6.45, 7) is 0. The van der Waals surface area contributed by atoms with Gasteiger partial charge in [0.2, 0.25) is 0 Å². The van der Waals surface area contributed by atoms with Crippen molar-refractivity contribution >= 4 is 64.6 Å². The van der Waals surface area contributed by atoms with E-state index in [4.69, 9.17) is 15.0 Å². The van der Waals surface area contributed by atoms with Crippen LogP contribution in [0.4, 0.5) is 0 Å². The molecule has 4 nitrogen and oxygen atoms in total. The third-order valence-corrected chi connectivity index (χ3v) is 11.7. The van der Waals surface area contributed by atoms with E-state index in [1.54, 1.807) is 6.20 Å². The molecule has 0 amide bonds. The van der Waals surface area contributed by atoms with Gasteiger partial charge in [0.05, 0.1) is 0 Å². The maximum atomic E-state index is 5.15. The molecule has 0 aliphatic rings. The highest BCUT2D eigenvalue weighted by atomic mass is 15.0. The van der Waals surface area contributed by atoms with Crippen LogP contribution in [-0.4, -0.2) is 19.9 Å². The molecule has 2 aromatic heterocycles. The van der Waals surface area contributed by atoms with Gasteiger partial charge in [-0.15, -0.1) is 0 Å². The van der Waals surface area contributed by atoms with E-state index in [9.17, 15) is 0 Å². The molecule has 0 atom stereocenters. The van der Waals surface area contributed by atoms with Crippen molar-refractivity contribution in [3.63, 3.8) is 0 Å². The number of rotatable bonds is 5. The van der Waals surface area contributed by atoms with Gasteiger partial charge in [-0.05, 0) is 112 Å². The Kier molecular flexibility index (Phi) is 7.20. The number of aromatic nitrogens is 4. The van der Waals surface area contributed by atoms with E-state index in [2.05, 4.69) is 145 Å². The van der Waals surface area contributed by atoms with Crippen molar-refractivity contribution < 1.29 is 0 Å². The Bertz CT molecular complexity index is 3550. The fourth-order valence-electron chi connectivity index (χ4n) is 9.01. The highest BCUT2D eigenvalue weighted by molar-refractivity contribution is 6.37. The molecule has 2 heterocycles. The first-order chi connectivity index (χ1) is 28.7. The van der Waals surface area contributed by atoms with E-state index in [0.29, 0.717) is 17.5 Å². The lowest BCUT2D eigenvalue weighted by Gasteiger charge is -2.17. The first-order valence-corrected chi connectivity index (χ1v) is 19.6. The van der Waals surface area contributed by atoms with Gasteiger partial charge in [0.25, 0.3) is 0 Å².